The summed E-state index contributed by atoms with van der Waals surface area (Å²) >= 11 is 0. The summed E-state index contributed by atoms with van der Waals surface area (Å²) in [6, 6.07) is 12.9. The van der Waals surface area contributed by atoms with Gasteiger partial charge < -0.3 is 5.32 Å². The molecule has 0 aliphatic heterocycles. The highest BCUT2D eigenvalue weighted by Gasteiger charge is 2.29. The van der Waals surface area contributed by atoms with Crippen LogP contribution in [0.4, 0.5) is 13.2 Å². The molecule has 0 spiro atoms. The van der Waals surface area contributed by atoms with Crippen molar-refractivity contribution in [2.24, 2.45) is 0 Å². The molecule has 1 nitrogen and oxygen atoms in total. The summed E-state index contributed by atoms with van der Waals surface area (Å²) in [5.41, 5.74) is 2.65. The minimum Gasteiger partial charge on any atom is -0.310 e. The zero-order chi connectivity index (χ0) is 20.0. The van der Waals surface area contributed by atoms with Gasteiger partial charge in [0.15, 0.2) is 0 Å². The fraction of sp³-hybridized carbons (Fsp3) is 0.391. The SMILES string of the molecule is CC=C(C=C(C)C(F)(F)F)CCCNC(C)c1cc(C)cc2ccccc12. The molecule has 0 bridgehead atoms. The Kier molecular flexibility index (Phi) is 7.25. The number of allylic oxidation sites excluding steroid dienone is 4. The molecular formula is C23H28F3N. The fourth-order valence-electron chi connectivity index (χ4n) is 3.23. The van der Waals surface area contributed by atoms with Crippen LogP contribution in [0.25, 0.3) is 10.8 Å². The van der Waals surface area contributed by atoms with E-state index in [-0.39, 0.29) is 6.04 Å². The van der Waals surface area contributed by atoms with Crippen molar-refractivity contribution in [1.82, 2.24) is 5.32 Å². The van der Waals surface area contributed by atoms with Crippen molar-refractivity contribution in [3.63, 3.8) is 0 Å². The molecule has 2 aromatic carbocycles. The molecule has 2 aromatic rings. The molecule has 0 amide bonds. The van der Waals surface area contributed by atoms with Crippen LogP contribution >= 0.6 is 0 Å². The Morgan fingerprint density at radius 1 is 1.19 bits per heavy atom. The van der Waals surface area contributed by atoms with Crippen LogP contribution in [0, 0.1) is 6.92 Å². The van der Waals surface area contributed by atoms with E-state index in [1.165, 1.54) is 28.0 Å². The molecule has 0 fully saturated rings. The molecule has 0 radical (unpaired) electrons. The van der Waals surface area contributed by atoms with Crippen molar-refractivity contribution >= 4 is 10.8 Å². The van der Waals surface area contributed by atoms with Crippen molar-refractivity contribution < 1.29 is 13.2 Å². The Balaban J connectivity index is 1.96. The van der Waals surface area contributed by atoms with Gasteiger partial charge in [0.2, 0.25) is 0 Å². The second-order valence-corrected chi connectivity index (χ2v) is 7.04. The van der Waals surface area contributed by atoms with Crippen molar-refractivity contribution in [2.45, 2.75) is 52.8 Å². The number of nitrogens with one attached hydrogen (secondary N) is 1. The van der Waals surface area contributed by atoms with Gasteiger partial charge in [0.05, 0.1) is 0 Å². The van der Waals surface area contributed by atoms with Gasteiger partial charge in [0.25, 0.3) is 0 Å². The van der Waals surface area contributed by atoms with Crippen molar-refractivity contribution in [2.75, 3.05) is 6.54 Å². The quantitative estimate of drug-likeness (QED) is 0.404. The molecule has 0 aliphatic rings. The summed E-state index contributed by atoms with van der Waals surface area (Å²) in [7, 11) is 0. The molecule has 1 unspecified atom stereocenters. The molecule has 4 heteroatoms. The number of fused-ring (bicyclic) bond motifs is 1. The normalized spacial score (nSPS) is 14.6. The van der Waals surface area contributed by atoms with Gasteiger partial charge in [-0.2, -0.15) is 13.2 Å². The highest BCUT2D eigenvalue weighted by atomic mass is 19.4. The predicted molar refractivity (Wildman–Crippen MR) is 108 cm³/mol. The Hall–Kier alpha value is -2.07. The molecule has 1 N–H and O–H groups in total. The van der Waals surface area contributed by atoms with Crippen LogP contribution < -0.4 is 5.32 Å². The first-order valence-electron chi connectivity index (χ1n) is 9.35. The summed E-state index contributed by atoms with van der Waals surface area (Å²) < 4.78 is 38.0. The lowest BCUT2D eigenvalue weighted by Gasteiger charge is -2.18. The van der Waals surface area contributed by atoms with E-state index >= 15 is 0 Å². The van der Waals surface area contributed by atoms with E-state index in [0.29, 0.717) is 6.42 Å². The number of rotatable bonds is 7. The monoisotopic (exact) mass is 375 g/mol. The van der Waals surface area contributed by atoms with Gasteiger partial charge in [0, 0.05) is 11.6 Å². The first kappa shape index (κ1) is 21.2. The van der Waals surface area contributed by atoms with E-state index in [0.717, 1.165) is 25.5 Å². The highest BCUT2D eigenvalue weighted by Crippen LogP contribution is 2.27. The van der Waals surface area contributed by atoms with E-state index in [2.05, 4.69) is 43.4 Å². The van der Waals surface area contributed by atoms with E-state index in [1.54, 1.807) is 13.0 Å². The summed E-state index contributed by atoms with van der Waals surface area (Å²) in [5, 5.41) is 5.98. The van der Waals surface area contributed by atoms with Crippen LogP contribution in [0.1, 0.15) is 50.8 Å². The number of halogens is 3. The van der Waals surface area contributed by atoms with E-state index < -0.39 is 11.7 Å². The van der Waals surface area contributed by atoms with Gasteiger partial charge in [-0.15, -0.1) is 0 Å². The number of hydrogen-bond donors (Lipinski definition) is 1. The van der Waals surface area contributed by atoms with Crippen LogP contribution in [0.5, 0.6) is 0 Å². The van der Waals surface area contributed by atoms with Gasteiger partial charge in [-0.3, -0.25) is 0 Å². The molecule has 2 rings (SSSR count). The van der Waals surface area contributed by atoms with Crippen LogP contribution in [-0.4, -0.2) is 12.7 Å². The largest absolute Gasteiger partial charge is 0.412 e. The average Bonchev–Trinajstić information content (AvgIpc) is 2.62. The first-order valence-corrected chi connectivity index (χ1v) is 9.35. The number of aryl methyl sites for hydroxylation is 1. The molecule has 146 valence electrons. The molecule has 0 saturated heterocycles. The Morgan fingerprint density at radius 3 is 2.56 bits per heavy atom. The third kappa shape index (κ3) is 5.96. The van der Waals surface area contributed by atoms with Crippen LogP contribution in [0.15, 0.2) is 59.7 Å². The zero-order valence-corrected chi connectivity index (χ0v) is 16.5. The van der Waals surface area contributed by atoms with Gasteiger partial charge in [-0.1, -0.05) is 59.7 Å². The smallest absolute Gasteiger partial charge is 0.310 e. The van der Waals surface area contributed by atoms with Crippen molar-refractivity contribution in [1.29, 1.82) is 0 Å². The molecular weight excluding hydrogens is 347 g/mol. The maximum absolute atomic E-state index is 12.7. The molecule has 0 aliphatic carbocycles. The number of benzene rings is 2. The lowest BCUT2D eigenvalue weighted by Crippen LogP contribution is -2.20. The first-order chi connectivity index (χ1) is 12.7. The lowest BCUT2D eigenvalue weighted by molar-refractivity contribution is -0.0913. The Labute approximate surface area is 160 Å². The van der Waals surface area contributed by atoms with E-state index in [1.807, 2.05) is 12.1 Å². The van der Waals surface area contributed by atoms with E-state index in [9.17, 15) is 13.2 Å². The average molecular weight is 375 g/mol. The minimum atomic E-state index is -4.26. The molecule has 1 atom stereocenters. The number of hydrogen-bond acceptors (Lipinski definition) is 1. The molecule has 27 heavy (non-hydrogen) atoms. The van der Waals surface area contributed by atoms with Crippen molar-refractivity contribution in [3.8, 4) is 0 Å². The van der Waals surface area contributed by atoms with Gasteiger partial charge in [-0.25, -0.2) is 0 Å². The van der Waals surface area contributed by atoms with Gasteiger partial charge in [-0.05, 0) is 63.4 Å². The minimum absolute atomic E-state index is 0.177. The molecule has 0 saturated carbocycles. The van der Waals surface area contributed by atoms with Crippen molar-refractivity contribution in [3.05, 3.63) is 70.8 Å². The Morgan fingerprint density at radius 2 is 1.89 bits per heavy atom. The Bertz CT molecular complexity index is 831. The lowest BCUT2D eigenvalue weighted by atomic mass is 9.97. The third-order valence-electron chi connectivity index (χ3n) is 4.82. The standard InChI is InChI=1S/C23H28F3N/c1-5-19(15-17(3)23(24,25)26)9-8-12-27-18(4)22-14-16(2)13-20-10-6-7-11-21(20)22/h5-7,10-11,13-15,18,27H,8-9,12H2,1-4H3. The molecule has 0 aromatic heterocycles. The van der Waals surface area contributed by atoms with Gasteiger partial charge >= 0.3 is 6.18 Å². The second kappa shape index (κ2) is 9.23. The fourth-order valence-corrected chi connectivity index (χ4v) is 3.23. The van der Waals surface area contributed by atoms with E-state index in [4.69, 9.17) is 0 Å². The summed E-state index contributed by atoms with van der Waals surface area (Å²) in [5.74, 6) is 0. The predicted octanol–water partition coefficient (Wildman–Crippen LogP) is 7.03. The van der Waals surface area contributed by atoms with Crippen LogP contribution in [-0.2, 0) is 0 Å². The molecule has 0 heterocycles. The zero-order valence-electron chi connectivity index (χ0n) is 16.5. The third-order valence-corrected chi connectivity index (χ3v) is 4.82. The topological polar surface area (TPSA) is 12.0 Å². The van der Waals surface area contributed by atoms with Crippen LogP contribution in [0.2, 0.25) is 0 Å². The van der Waals surface area contributed by atoms with Gasteiger partial charge in [0.1, 0.15) is 0 Å². The van der Waals surface area contributed by atoms with Crippen LogP contribution in [0.3, 0.4) is 0 Å². The second-order valence-electron chi connectivity index (χ2n) is 7.04. The highest BCUT2D eigenvalue weighted by molar-refractivity contribution is 5.86. The summed E-state index contributed by atoms with van der Waals surface area (Å²) in [6.45, 7) is 7.87. The number of alkyl halides is 3. The summed E-state index contributed by atoms with van der Waals surface area (Å²) in [4.78, 5) is 0. The summed E-state index contributed by atoms with van der Waals surface area (Å²) in [6.07, 6.45) is 0.158. The maximum atomic E-state index is 12.7. The maximum Gasteiger partial charge on any atom is 0.412 e.